The number of hydrogen-bond acceptors (Lipinski definition) is 3. The van der Waals surface area contributed by atoms with Crippen LogP contribution in [0, 0.1) is 11.7 Å². The van der Waals surface area contributed by atoms with E-state index in [1.54, 1.807) is 6.07 Å². The minimum Gasteiger partial charge on any atom is -0.355 e. The van der Waals surface area contributed by atoms with Crippen LogP contribution in [0.3, 0.4) is 0 Å². The fourth-order valence-electron chi connectivity index (χ4n) is 2.82. The van der Waals surface area contributed by atoms with E-state index in [0.717, 1.165) is 29.1 Å². The van der Waals surface area contributed by atoms with Gasteiger partial charge in [-0.05, 0) is 25.0 Å². The number of benzene rings is 1. The van der Waals surface area contributed by atoms with E-state index in [-0.39, 0.29) is 17.6 Å². The van der Waals surface area contributed by atoms with Crippen molar-refractivity contribution in [1.82, 2.24) is 10.3 Å². The maximum Gasteiger partial charge on any atom is 0.223 e. The van der Waals surface area contributed by atoms with Crippen LogP contribution in [0.15, 0.2) is 29.6 Å². The van der Waals surface area contributed by atoms with E-state index in [2.05, 4.69) is 10.3 Å². The quantitative estimate of drug-likeness (QED) is 0.911. The molecule has 1 amide bonds. The molecule has 1 heterocycles. The number of carbonyl (C=O) groups excluding carboxylic acids is 1. The number of aromatic nitrogens is 1. The van der Waals surface area contributed by atoms with Gasteiger partial charge in [-0.25, -0.2) is 9.37 Å². The molecule has 1 N–H and O–H groups in total. The zero-order valence-electron chi connectivity index (χ0n) is 12.3. The third-order valence-corrected chi connectivity index (χ3v) is 4.97. The zero-order chi connectivity index (χ0) is 15.4. The first-order valence-electron chi connectivity index (χ1n) is 7.70. The van der Waals surface area contributed by atoms with Gasteiger partial charge < -0.3 is 5.32 Å². The van der Waals surface area contributed by atoms with E-state index < -0.39 is 0 Å². The summed E-state index contributed by atoms with van der Waals surface area (Å²) >= 11 is 1.51. The molecule has 1 saturated carbocycles. The van der Waals surface area contributed by atoms with Crippen molar-refractivity contribution in [3.8, 4) is 10.6 Å². The molecule has 0 bridgehead atoms. The zero-order valence-corrected chi connectivity index (χ0v) is 13.2. The molecule has 5 heteroatoms. The maximum atomic E-state index is 13.2. The third-order valence-electron chi connectivity index (χ3n) is 4.03. The van der Waals surface area contributed by atoms with Crippen molar-refractivity contribution in [2.45, 2.75) is 32.1 Å². The summed E-state index contributed by atoms with van der Waals surface area (Å²) in [4.78, 5) is 16.4. The Morgan fingerprint density at radius 3 is 2.95 bits per heavy atom. The smallest absolute Gasteiger partial charge is 0.223 e. The Morgan fingerprint density at radius 1 is 1.36 bits per heavy atom. The standard InChI is InChI=1S/C17H19FN2OS/c18-14-7-3-6-13(10-14)17-20-15(11-22-17)8-9-19-16(21)12-4-1-2-5-12/h3,6-7,10-12H,1-2,4-5,8-9H2,(H,19,21). The highest BCUT2D eigenvalue weighted by Gasteiger charge is 2.22. The lowest BCUT2D eigenvalue weighted by Gasteiger charge is -2.09. The highest BCUT2D eigenvalue weighted by atomic mass is 32.1. The second kappa shape index (κ2) is 7.01. The predicted molar refractivity (Wildman–Crippen MR) is 86.2 cm³/mol. The molecule has 0 unspecified atom stereocenters. The van der Waals surface area contributed by atoms with Crippen LogP contribution in [-0.2, 0) is 11.2 Å². The van der Waals surface area contributed by atoms with E-state index in [4.69, 9.17) is 0 Å². The largest absolute Gasteiger partial charge is 0.355 e. The average Bonchev–Trinajstić information content (AvgIpc) is 3.19. The molecule has 1 aliphatic rings. The molecule has 1 aromatic heterocycles. The Labute approximate surface area is 133 Å². The monoisotopic (exact) mass is 318 g/mol. The summed E-state index contributed by atoms with van der Waals surface area (Å²) in [6.45, 7) is 0.613. The predicted octanol–water partition coefficient (Wildman–Crippen LogP) is 3.80. The Kier molecular flexibility index (Phi) is 4.83. The summed E-state index contributed by atoms with van der Waals surface area (Å²) in [5.41, 5.74) is 1.74. The summed E-state index contributed by atoms with van der Waals surface area (Å²) in [7, 11) is 0. The summed E-state index contributed by atoms with van der Waals surface area (Å²) in [6, 6.07) is 6.46. The Morgan fingerprint density at radius 2 is 2.18 bits per heavy atom. The number of halogens is 1. The van der Waals surface area contributed by atoms with Crippen LogP contribution in [-0.4, -0.2) is 17.4 Å². The van der Waals surface area contributed by atoms with Gasteiger partial charge in [-0.3, -0.25) is 4.79 Å². The average molecular weight is 318 g/mol. The number of nitrogens with one attached hydrogen (secondary N) is 1. The molecule has 0 saturated heterocycles. The van der Waals surface area contributed by atoms with Crippen LogP contribution in [0.4, 0.5) is 4.39 Å². The molecule has 1 fully saturated rings. The van der Waals surface area contributed by atoms with E-state index in [0.29, 0.717) is 13.0 Å². The van der Waals surface area contributed by atoms with E-state index in [1.165, 1.54) is 36.3 Å². The van der Waals surface area contributed by atoms with Crippen LogP contribution < -0.4 is 5.32 Å². The topological polar surface area (TPSA) is 42.0 Å². The van der Waals surface area contributed by atoms with Crippen molar-refractivity contribution in [2.24, 2.45) is 5.92 Å². The van der Waals surface area contributed by atoms with Crippen LogP contribution in [0.25, 0.3) is 10.6 Å². The first kappa shape index (κ1) is 15.2. The van der Waals surface area contributed by atoms with Crippen LogP contribution in [0.2, 0.25) is 0 Å². The SMILES string of the molecule is O=C(NCCc1csc(-c2cccc(F)c2)n1)C1CCCC1. The lowest BCUT2D eigenvalue weighted by atomic mass is 10.1. The van der Waals surface area contributed by atoms with Gasteiger partial charge in [-0.2, -0.15) is 0 Å². The number of rotatable bonds is 5. The van der Waals surface area contributed by atoms with Crippen molar-refractivity contribution < 1.29 is 9.18 Å². The van der Waals surface area contributed by atoms with E-state index in [9.17, 15) is 9.18 Å². The highest BCUT2D eigenvalue weighted by molar-refractivity contribution is 7.13. The van der Waals surface area contributed by atoms with E-state index >= 15 is 0 Å². The number of amides is 1. The highest BCUT2D eigenvalue weighted by Crippen LogP contribution is 2.25. The third kappa shape index (κ3) is 3.71. The molecule has 1 aliphatic carbocycles. The Hall–Kier alpha value is -1.75. The Balaban J connectivity index is 1.52. The molecule has 0 spiro atoms. The van der Waals surface area contributed by atoms with Crippen molar-refractivity contribution >= 4 is 17.2 Å². The number of hydrogen-bond donors (Lipinski definition) is 1. The van der Waals surface area contributed by atoms with Crippen molar-refractivity contribution in [3.05, 3.63) is 41.2 Å². The second-order valence-corrected chi connectivity index (χ2v) is 6.53. The molecule has 0 aliphatic heterocycles. The lowest BCUT2D eigenvalue weighted by molar-refractivity contribution is -0.124. The summed E-state index contributed by atoms with van der Waals surface area (Å²) in [6.07, 6.45) is 5.09. The van der Waals surface area contributed by atoms with Gasteiger partial charge >= 0.3 is 0 Å². The number of carbonyl (C=O) groups is 1. The van der Waals surface area contributed by atoms with Gasteiger partial charge in [-0.15, -0.1) is 11.3 Å². The summed E-state index contributed by atoms with van der Waals surface area (Å²) in [5, 5.41) is 5.79. The fourth-order valence-corrected chi connectivity index (χ4v) is 3.67. The van der Waals surface area contributed by atoms with Crippen LogP contribution in [0.5, 0.6) is 0 Å². The van der Waals surface area contributed by atoms with Gasteiger partial charge in [-0.1, -0.05) is 25.0 Å². The molecule has 1 aromatic carbocycles. The molecule has 2 aromatic rings. The molecule has 22 heavy (non-hydrogen) atoms. The fraction of sp³-hybridized carbons (Fsp3) is 0.412. The van der Waals surface area contributed by atoms with Gasteiger partial charge in [0, 0.05) is 29.8 Å². The molecule has 0 radical (unpaired) electrons. The molecule has 3 rings (SSSR count). The van der Waals surface area contributed by atoms with Gasteiger partial charge in [0.1, 0.15) is 10.8 Å². The minimum atomic E-state index is -0.252. The summed E-state index contributed by atoms with van der Waals surface area (Å²) < 4.78 is 13.2. The number of nitrogens with zero attached hydrogens (tertiary/aromatic N) is 1. The normalized spacial score (nSPS) is 15.1. The second-order valence-electron chi connectivity index (χ2n) is 5.68. The molecule has 116 valence electrons. The number of thiazole rings is 1. The first-order chi connectivity index (χ1) is 10.7. The van der Waals surface area contributed by atoms with Crippen LogP contribution in [0.1, 0.15) is 31.4 Å². The van der Waals surface area contributed by atoms with Crippen LogP contribution >= 0.6 is 11.3 Å². The molecular weight excluding hydrogens is 299 g/mol. The van der Waals surface area contributed by atoms with E-state index in [1.807, 2.05) is 11.4 Å². The van der Waals surface area contributed by atoms with Gasteiger partial charge in [0.25, 0.3) is 0 Å². The van der Waals surface area contributed by atoms with Crippen molar-refractivity contribution in [1.29, 1.82) is 0 Å². The Bertz CT molecular complexity index is 650. The molecule has 0 atom stereocenters. The van der Waals surface area contributed by atoms with Gasteiger partial charge in [0.15, 0.2) is 0 Å². The summed E-state index contributed by atoms with van der Waals surface area (Å²) in [5.74, 6) is 0.134. The lowest BCUT2D eigenvalue weighted by Crippen LogP contribution is -2.30. The molecular formula is C17H19FN2OS. The van der Waals surface area contributed by atoms with Crippen molar-refractivity contribution in [3.63, 3.8) is 0 Å². The van der Waals surface area contributed by atoms with Crippen molar-refractivity contribution in [2.75, 3.05) is 6.54 Å². The molecule has 3 nitrogen and oxygen atoms in total. The maximum absolute atomic E-state index is 13.2. The van der Waals surface area contributed by atoms with Gasteiger partial charge in [0.2, 0.25) is 5.91 Å². The van der Waals surface area contributed by atoms with Gasteiger partial charge in [0.05, 0.1) is 5.69 Å². The first-order valence-corrected chi connectivity index (χ1v) is 8.58. The minimum absolute atomic E-state index is 0.179.